The van der Waals surface area contributed by atoms with Gasteiger partial charge in [-0.2, -0.15) is 0 Å². The van der Waals surface area contributed by atoms with Crippen molar-refractivity contribution in [2.75, 3.05) is 0 Å². The van der Waals surface area contributed by atoms with Gasteiger partial charge >= 0.3 is 5.97 Å². The van der Waals surface area contributed by atoms with Gasteiger partial charge in [-0.15, -0.1) is 0 Å². The maximum atomic E-state index is 13.7. The number of aromatic amines is 3. The number of carbonyl (C=O) groups excluding carboxylic acids is 1. The molecule has 6 rings (SSSR count). The Hall–Kier alpha value is -4.46. The average molecular weight is 539 g/mol. The Morgan fingerprint density at radius 3 is 2.35 bits per heavy atom. The number of carbonyl (C=O) groups is 2. The van der Waals surface area contributed by atoms with Crippen LogP contribution >= 0.6 is 0 Å². The standard InChI is InChI=1S/C32H34N4O4/c1-7-17-13(3)20-9-22-14(4)18(8-2)29(35-22)27-28(32(39)40)31(38)26-16(6)23(36-30(26)27)10-21-15(5)19(12-37)25(34-21)11-24(17)33-20/h7,9-12,14,18,28-29,33-37H,1,8H2,2-6H3,(H,39,40)/b19-12-,22-9-,23-10-,25-11-/t14-,18-,28+,29?/m0/s1. The number of carboxylic acids is 1. The molecule has 3 aromatic rings. The largest absolute Gasteiger partial charge is 0.515 e. The predicted molar refractivity (Wildman–Crippen MR) is 156 cm³/mol. The van der Waals surface area contributed by atoms with Crippen molar-refractivity contribution < 1.29 is 19.8 Å². The van der Waals surface area contributed by atoms with Gasteiger partial charge < -0.3 is 30.5 Å². The SMILES string of the molecule is C=Cc1c2[nH]c(c1C)/C=C1\NC(C3=c4[nH]/c(c(C)c4C(=O)[C@@H]3C(=O)O)=C\c3[nH]c(/c(=C\O)c3C)=C\2)[C@@H](CC)[C@@H]1C. The summed E-state index contributed by atoms with van der Waals surface area (Å²) in [5.74, 6) is -2.53. The van der Waals surface area contributed by atoms with E-state index >= 15 is 0 Å². The lowest BCUT2D eigenvalue weighted by atomic mass is 9.81. The van der Waals surface area contributed by atoms with Crippen molar-refractivity contribution in [3.63, 3.8) is 0 Å². The van der Waals surface area contributed by atoms with Crippen LogP contribution in [0.5, 0.6) is 0 Å². The van der Waals surface area contributed by atoms with E-state index in [1.165, 1.54) is 0 Å². The van der Waals surface area contributed by atoms with Gasteiger partial charge in [0.2, 0.25) is 0 Å². The quantitative estimate of drug-likeness (QED) is 0.285. The smallest absolute Gasteiger partial charge is 0.318 e. The summed E-state index contributed by atoms with van der Waals surface area (Å²) >= 11 is 0. The Balaban J connectivity index is 1.77. The number of aromatic nitrogens is 3. The van der Waals surface area contributed by atoms with Crippen LogP contribution in [0.3, 0.4) is 0 Å². The van der Waals surface area contributed by atoms with Crippen molar-refractivity contribution in [3.05, 3.63) is 78.4 Å². The number of Topliss-reactive ketones (excluding diaryl/α,β-unsaturated/α-hetero) is 1. The Bertz CT molecular complexity index is 1910. The van der Waals surface area contributed by atoms with Crippen LogP contribution in [0.2, 0.25) is 0 Å². The molecule has 0 radical (unpaired) electrons. The molecule has 206 valence electrons. The summed E-state index contributed by atoms with van der Waals surface area (Å²) in [5.41, 5.74) is 8.15. The summed E-state index contributed by atoms with van der Waals surface area (Å²) in [7, 11) is 0. The molecule has 1 fully saturated rings. The van der Waals surface area contributed by atoms with Gasteiger partial charge in [-0.05, 0) is 67.2 Å². The second kappa shape index (κ2) is 9.05. The van der Waals surface area contributed by atoms with Crippen molar-refractivity contribution in [3.8, 4) is 0 Å². The number of H-pyrrole nitrogens is 3. The third-order valence-corrected chi connectivity index (χ3v) is 9.28. The van der Waals surface area contributed by atoms with Crippen molar-refractivity contribution in [1.29, 1.82) is 0 Å². The molecule has 8 bridgehead atoms. The van der Waals surface area contributed by atoms with Gasteiger partial charge in [-0.3, -0.25) is 9.59 Å². The van der Waals surface area contributed by atoms with Crippen LogP contribution in [-0.2, 0) is 4.79 Å². The maximum Gasteiger partial charge on any atom is 0.318 e. The van der Waals surface area contributed by atoms with Crippen molar-refractivity contribution in [2.24, 2.45) is 17.8 Å². The predicted octanol–water partition coefficient (Wildman–Crippen LogP) is 2.23. The van der Waals surface area contributed by atoms with Gasteiger partial charge in [0.05, 0.1) is 23.0 Å². The van der Waals surface area contributed by atoms with Crippen molar-refractivity contribution >= 4 is 47.9 Å². The Morgan fingerprint density at radius 2 is 1.70 bits per heavy atom. The summed E-state index contributed by atoms with van der Waals surface area (Å²) in [4.78, 5) is 36.6. The highest BCUT2D eigenvalue weighted by Crippen LogP contribution is 2.41. The average Bonchev–Trinajstić information content (AvgIpc) is 3.65. The summed E-state index contributed by atoms with van der Waals surface area (Å²) in [6.07, 6.45) is 9.73. The lowest BCUT2D eigenvalue weighted by Gasteiger charge is -2.23. The first-order valence-corrected chi connectivity index (χ1v) is 13.7. The van der Waals surface area contributed by atoms with Gasteiger partial charge in [0.1, 0.15) is 5.92 Å². The fourth-order valence-corrected chi connectivity index (χ4v) is 7.00. The van der Waals surface area contributed by atoms with E-state index in [9.17, 15) is 19.8 Å². The molecule has 2 aliphatic heterocycles. The highest BCUT2D eigenvalue weighted by Gasteiger charge is 2.48. The third kappa shape index (κ3) is 3.44. The third-order valence-electron chi connectivity index (χ3n) is 9.28. The molecule has 1 saturated heterocycles. The van der Waals surface area contributed by atoms with Gasteiger partial charge in [-0.25, -0.2) is 0 Å². The van der Waals surface area contributed by atoms with E-state index in [1.807, 2.05) is 39.0 Å². The number of fused-ring (bicyclic) bond motifs is 8. The molecule has 8 nitrogen and oxygen atoms in total. The fraction of sp³-hybridized carbons (Fsp3) is 0.312. The summed E-state index contributed by atoms with van der Waals surface area (Å²) in [6, 6.07) is -0.314. The molecule has 1 aliphatic carbocycles. The van der Waals surface area contributed by atoms with Crippen LogP contribution in [0.4, 0.5) is 0 Å². The van der Waals surface area contributed by atoms with E-state index < -0.39 is 11.9 Å². The molecule has 8 heteroatoms. The van der Waals surface area contributed by atoms with Crippen LogP contribution in [0.1, 0.15) is 70.0 Å². The monoisotopic (exact) mass is 538 g/mol. The van der Waals surface area contributed by atoms with Crippen LogP contribution < -0.4 is 26.6 Å². The molecule has 4 atom stereocenters. The number of allylic oxidation sites excluding steroid dienone is 1. The first-order chi connectivity index (χ1) is 19.1. The number of hydrogen-bond donors (Lipinski definition) is 6. The van der Waals surface area contributed by atoms with Crippen LogP contribution in [0, 0.1) is 38.5 Å². The van der Waals surface area contributed by atoms with E-state index in [1.54, 1.807) is 0 Å². The second-order valence-electron chi connectivity index (χ2n) is 11.2. The van der Waals surface area contributed by atoms with Gasteiger partial charge in [0.25, 0.3) is 0 Å². The molecule has 3 aliphatic rings. The zero-order valence-corrected chi connectivity index (χ0v) is 23.3. The van der Waals surface area contributed by atoms with Crippen molar-refractivity contribution in [1.82, 2.24) is 20.3 Å². The zero-order valence-electron chi connectivity index (χ0n) is 23.3. The highest BCUT2D eigenvalue weighted by atomic mass is 16.4. The number of carboxylic acid groups (broad SMARTS) is 1. The summed E-state index contributed by atoms with van der Waals surface area (Å²) < 4.78 is 0. The minimum Gasteiger partial charge on any atom is -0.515 e. The van der Waals surface area contributed by atoms with E-state index in [4.69, 9.17) is 0 Å². The van der Waals surface area contributed by atoms with Crippen LogP contribution in [0.15, 0.2) is 12.3 Å². The number of aliphatic hydroxyl groups excluding tert-OH is 1. The minimum absolute atomic E-state index is 0.101. The van der Waals surface area contributed by atoms with Gasteiger partial charge in [0.15, 0.2) is 5.78 Å². The molecule has 6 N–H and O–H groups in total. The molecule has 5 heterocycles. The van der Waals surface area contributed by atoms with E-state index in [0.717, 1.165) is 62.9 Å². The van der Waals surface area contributed by atoms with Gasteiger partial charge in [0, 0.05) is 50.4 Å². The lowest BCUT2D eigenvalue weighted by Crippen LogP contribution is -2.37. The fourth-order valence-electron chi connectivity index (χ4n) is 7.00. The van der Waals surface area contributed by atoms with Crippen LogP contribution in [0.25, 0.3) is 36.1 Å². The maximum absolute atomic E-state index is 13.7. The Kier molecular flexibility index (Phi) is 5.83. The normalized spacial score (nSPS) is 26.5. The Morgan fingerprint density at radius 1 is 1.00 bits per heavy atom. The molecular formula is C32H34N4O4. The number of rotatable bonds is 3. The van der Waals surface area contributed by atoms with E-state index in [-0.39, 0.29) is 23.7 Å². The first-order valence-electron chi connectivity index (χ1n) is 13.7. The lowest BCUT2D eigenvalue weighted by molar-refractivity contribution is -0.138. The van der Waals surface area contributed by atoms with Crippen molar-refractivity contribution in [2.45, 2.75) is 47.1 Å². The summed E-state index contributed by atoms with van der Waals surface area (Å²) in [5, 5.41) is 26.8. The number of aliphatic hydroxyl groups is 1. The highest BCUT2D eigenvalue weighted by molar-refractivity contribution is 6.19. The molecule has 0 aromatic carbocycles. The second-order valence-corrected chi connectivity index (χ2v) is 11.2. The zero-order chi connectivity index (χ0) is 28.6. The topological polar surface area (TPSA) is 134 Å². The van der Waals surface area contributed by atoms with Gasteiger partial charge in [-0.1, -0.05) is 32.9 Å². The minimum atomic E-state index is -1.24. The summed E-state index contributed by atoms with van der Waals surface area (Å²) in [6.45, 7) is 14.1. The molecule has 3 aromatic heterocycles. The number of hydrogen-bond acceptors (Lipinski definition) is 4. The van der Waals surface area contributed by atoms with E-state index in [0.29, 0.717) is 27.3 Å². The number of aliphatic carboxylic acids is 1. The molecule has 0 amide bonds. The number of nitrogens with one attached hydrogen (secondary N) is 4. The molecular weight excluding hydrogens is 504 g/mol. The first kappa shape index (κ1) is 25.8. The van der Waals surface area contributed by atoms with E-state index in [2.05, 4.69) is 46.8 Å². The molecule has 0 spiro atoms. The van der Waals surface area contributed by atoms with Crippen LogP contribution in [-0.4, -0.2) is 43.0 Å². The molecule has 0 saturated carbocycles. The Labute approximate surface area is 231 Å². The molecule has 1 unspecified atom stereocenters. The molecule has 40 heavy (non-hydrogen) atoms. The number of ketones is 1.